The summed E-state index contributed by atoms with van der Waals surface area (Å²) >= 11 is 12.7. The summed E-state index contributed by atoms with van der Waals surface area (Å²) in [5.41, 5.74) is 1.14. The van der Waals surface area contributed by atoms with Crippen LogP contribution in [0.1, 0.15) is 77.0 Å². The fourth-order valence-electron chi connectivity index (χ4n) is 6.03. The molecular weight excluding hydrogens is 569 g/mol. The van der Waals surface area contributed by atoms with Crippen LogP contribution in [0.5, 0.6) is 0 Å². The van der Waals surface area contributed by atoms with E-state index in [1.807, 2.05) is 81.1 Å². The molecule has 0 aliphatic carbocycles. The molecule has 0 bridgehead atoms. The third-order valence-corrected chi connectivity index (χ3v) is 9.89. The van der Waals surface area contributed by atoms with Crippen molar-refractivity contribution < 1.29 is 22.7 Å². The Morgan fingerprint density at radius 2 is 1.75 bits per heavy atom. The summed E-state index contributed by atoms with van der Waals surface area (Å²) in [4.78, 5) is 16.6. The van der Waals surface area contributed by atoms with E-state index in [0.29, 0.717) is 35.9 Å². The molecule has 5 atom stereocenters. The minimum atomic E-state index is -3.39. The normalized spacial score (nSPS) is 27.8. The summed E-state index contributed by atoms with van der Waals surface area (Å²) in [6, 6.07) is 14.5. The maximum absolute atomic E-state index is 14.7. The molecule has 4 rings (SSSR count). The lowest BCUT2D eigenvalue weighted by Gasteiger charge is -2.52. The quantitative estimate of drug-likeness (QED) is 0.298. The van der Waals surface area contributed by atoms with Crippen molar-refractivity contribution in [3.05, 3.63) is 81.2 Å². The van der Waals surface area contributed by atoms with Gasteiger partial charge in [-0.2, -0.15) is 0 Å². The highest BCUT2D eigenvalue weighted by atomic mass is 35.5. The molecule has 6 nitrogen and oxygen atoms in total. The van der Waals surface area contributed by atoms with Crippen LogP contribution in [-0.2, 0) is 24.1 Å². The maximum atomic E-state index is 14.7. The summed E-state index contributed by atoms with van der Waals surface area (Å²) in [5.74, 6) is -0.876. The number of ether oxygens (including phenoxy) is 2. The lowest BCUT2D eigenvalue weighted by Crippen LogP contribution is -2.56. The summed E-state index contributed by atoms with van der Waals surface area (Å²) in [6.07, 6.45) is 3.00. The van der Waals surface area contributed by atoms with Crippen molar-refractivity contribution in [3.63, 3.8) is 0 Å². The van der Waals surface area contributed by atoms with Gasteiger partial charge in [-0.15, -0.1) is 0 Å². The average Bonchev–Trinajstić information content (AvgIpc) is 3.24. The molecule has 1 amide bonds. The third kappa shape index (κ3) is 6.93. The summed E-state index contributed by atoms with van der Waals surface area (Å²) < 4.78 is 36.9. The Hall–Kier alpha value is -1.90. The molecule has 0 radical (unpaired) electrons. The van der Waals surface area contributed by atoms with Gasteiger partial charge >= 0.3 is 0 Å². The lowest BCUT2D eigenvalue weighted by molar-refractivity contribution is -0.161. The molecule has 1 unspecified atom stereocenters. The van der Waals surface area contributed by atoms with Gasteiger partial charge in [-0.25, -0.2) is 8.42 Å². The van der Waals surface area contributed by atoms with Gasteiger partial charge in [-0.3, -0.25) is 4.79 Å². The predicted octanol–water partition coefficient (Wildman–Crippen LogP) is 7.33. The van der Waals surface area contributed by atoms with Crippen molar-refractivity contribution in [2.45, 2.75) is 83.8 Å². The van der Waals surface area contributed by atoms with Gasteiger partial charge in [0.15, 0.2) is 15.6 Å². The van der Waals surface area contributed by atoms with Crippen LogP contribution in [0, 0.1) is 5.41 Å². The molecule has 0 N–H and O–H groups in total. The highest BCUT2D eigenvalue weighted by Crippen LogP contribution is 2.53. The zero-order chi connectivity index (χ0) is 29.3. The SMILES string of the molecule is CCC(C=CS(=O)(=O)CC)N1C(=O)[C@@](C)(C[C@H]2COC(C)(C)O2)C[C@H](c2cccc(Cl)c2)[C@H]1c1ccc(Cl)cc1. The highest BCUT2D eigenvalue weighted by Gasteiger charge is 2.53. The van der Waals surface area contributed by atoms with E-state index in [1.54, 1.807) is 13.0 Å². The molecule has 2 aliphatic heterocycles. The molecule has 0 saturated carbocycles. The van der Waals surface area contributed by atoms with E-state index in [0.717, 1.165) is 11.1 Å². The molecule has 40 heavy (non-hydrogen) atoms. The van der Waals surface area contributed by atoms with Crippen molar-refractivity contribution in [3.8, 4) is 0 Å². The molecular formula is C31H39Cl2NO5S. The maximum Gasteiger partial charge on any atom is 0.229 e. The number of halogens is 2. The first-order valence-corrected chi connectivity index (χ1v) is 16.3. The van der Waals surface area contributed by atoms with Gasteiger partial charge < -0.3 is 14.4 Å². The Bertz CT molecular complexity index is 1340. The van der Waals surface area contributed by atoms with Crippen molar-refractivity contribution in [2.75, 3.05) is 12.4 Å². The molecule has 2 saturated heterocycles. The second-order valence-corrected chi connectivity index (χ2v) is 14.6. The van der Waals surface area contributed by atoms with Crippen LogP contribution in [0.3, 0.4) is 0 Å². The minimum Gasteiger partial charge on any atom is -0.348 e. The van der Waals surface area contributed by atoms with Crippen molar-refractivity contribution in [1.82, 2.24) is 4.90 Å². The van der Waals surface area contributed by atoms with Gasteiger partial charge in [0.1, 0.15) is 0 Å². The zero-order valence-corrected chi connectivity index (χ0v) is 26.1. The van der Waals surface area contributed by atoms with Gasteiger partial charge in [0.05, 0.1) is 30.5 Å². The minimum absolute atomic E-state index is 0.00779. The van der Waals surface area contributed by atoms with Crippen molar-refractivity contribution >= 4 is 38.9 Å². The van der Waals surface area contributed by atoms with E-state index < -0.39 is 27.1 Å². The first kappa shape index (κ1) is 31.0. The van der Waals surface area contributed by atoms with E-state index in [1.165, 1.54) is 5.41 Å². The number of piperidine rings is 1. The van der Waals surface area contributed by atoms with Crippen LogP contribution in [-0.4, -0.2) is 49.5 Å². The Labute approximate surface area is 248 Å². The van der Waals surface area contributed by atoms with E-state index >= 15 is 0 Å². The number of nitrogens with zero attached hydrogens (tertiary/aromatic N) is 1. The molecule has 2 aliphatic rings. The second-order valence-electron chi connectivity index (χ2n) is 11.5. The number of amides is 1. The number of benzene rings is 2. The van der Waals surface area contributed by atoms with Gasteiger partial charge in [0.25, 0.3) is 0 Å². The van der Waals surface area contributed by atoms with Gasteiger partial charge in [-0.1, -0.05) is 74.3 Å². The molecule has 2 heterocycles. The number of carbonyl (C=O) groups excluding carboxylic acids is 1. The average molecular weight is 609 g/mol. The topological polar surface area (TPSA) is 72.9 Å². The summed E-state index contributed by atoms with van der Waals surface area (Å²) in [6.45, 7) is 9.73. The lowest BCUT2D eigenvalue weighted by atomic mass is 9.66. The van der Waals surface area contributed by atoms with E-state index in [9.17, 15) is 13.2 Å². The highest BCUT2D eigenvalue weighted by molar-refractivity contribution is 7.94. The van der Waals surface area contributed by atoms with Crippen LogP contribution in [0.4, 0.5) is 0 Å². The molecule has 9 heteroatoms. The number of carbonyl (C=O) groups is 1. The Morgan fingerprint density at radius 1 is 1.05 bits per heavy atom. The fraction of sp³-hybridized carbons (Fsp3) is 0.516. The Balaban J connectivity index is 1.87. The number of sulfone groups is 1. The van der Waals surface area contributed by atoms with Crippen LogP contribution < -0.4 is 0 Å². The molecule has 0 spiro atoms. The monoisotopic (exact) mass is 607 g/mol. The smallest absolute Gasteiger partial charge is 0.229 e. The molecule has 2 aromatic carbocycles. The van der Waals surface area contributed by atoms with Crippen LogP contribution in [0.25, 0.3) is 0 Å². The summed E-state index contributed by atoms with van der Waals surface area (Å²) in [7, 11) is -3.39. The van der Waals surface area contributed by atoms with Crippen LogP contribution >= 0.6 is 23.2 Å². The standard InChI is InChI=1S/C31H39Cl2NO5S/c1-6-25(15-16-40(36,37)7-2)34-28(21-11-13-23(32)14-12-21)27(22-9-8-10-24(33)17-22)19-31(5,29(34)35)18-26-20-38-30(3,4)39-26/h8-17,25-28H,6-7,18-20H2,1-5H3/t25?,26-,27+,28+,31-/m0/s1. The molecule has 2 aromatic rings. The van der Waals surface area contributed by atoms with Crippen molar-refractivity contribution in [1.29, 1.82) is 0 Å². The van der Waals surface area contributed by atoms with E-state index in [2.05, 4.69) is 0 Å². The van der Waals surface area contributed by atoms with Crippen LogP contribution in [0.15, 0.2) is 60.0 Å². The van der Waals surface area contributed by atoms with Gasteiger partial charge in [0, 0.05) is 26.8 Å². The van der Waals surface area contributed by atoms with Gasteiger partial charge in [-0.05, 0) is 68.5 Å². The number of hydrogen-bond acceptors (Lipinski definition) is 5. The van der Waals surface area contributed by atoms with E-state index in [-0.39, 0.29) is 29.7 Å². The third-order valence-electron chi connectivity index (χ3n) is 8.02. The summed E-state index contributed by atoms with van der Waals surface area (Å²) in [5, 5.41) is 2.47. The van der Waals surface area contributed by atoms with E-state index in [4.69, 9.17) is 32.7 Å². The number of likely N-dealkylation sites (tertiary alicyclic amines) is 1. The Kier molecular flexibility index (Phi) is 9.42. The zero-order valence-electron chi connectivity index (χ0n) is 23.8. The van der Waals surface area contributed by atoms with Crippen molar-refractivity contribution in [2.24, 2.45) is 5.41 Å². The van der Waals surface area contributed by atoms with Crippen LogP contribution in [0.2, 0.25) is 10.0 Å². The number of hydrogen-bond donors (Lipinski definition) is 0. The number of rotatable bonds is 9. The van der Waals surface area contributed by atoms with Gasteiger partial charge in [0.2, 0.25) is 5.91 Å². The Morgan fingerprint density at radius 3 is 2.33 bits per heavy atom. The predicted molar refractivity (Wildman–Crippen MR) is 160 cm³/mol. The first-order valence-electron chi connectivity index (χ1n) is 13.8. The molecule has 0 aromatic heterocycles. The second kappa shape index (κ2) is 12.1. The first-order chi connectivity index (χ1) is 18.8. The fourth-order valence-corrected chi connectivity index (χ4v) is 6.97. The molecule has 218 valence electrons. The molecule has 2 fully saturated rings. The largest absolute Gasteiger partial charge is 0.348 e.